The zero-order valence-corrected chi connectivity index (χ0v) is 10.6. The van der Waals surface area contributed by atoms with Crippen molar-refractivity contribution in [1.29, 1.82) is 0 Å². The van der Waals surface area contributed by atoms with Gasteiger partial charge in [-0.25, -0.2) is 4.79 Å². The Bertz CT molecular complexity index is 433. The highest BCUT2D eigenvalue weighted by Crippen LogP contribution is 2.32. The first-order chi connectivity index (χ1) is 7.45. The number of hydrogen-bond acceptors (Lipinski definition) is 3. The van der Waals surface area contributed by atoms with Crippen LogP contribution < -0.4 is 4.74 Å². The van der Waals surface area contributed by atoms with E-state index in [1.54, 1.807) is 0 Å². The lowest BCUT2D eigenvalue weighted by molar-refractivity contribution is -0.144. The summed E-state index contributed by atoms with van der Waals surface area (Å²) in [6.07, 6.45) is -0.489. The van der Waals surface area contributed by atoms with Crippen LogP contribution in [0.3, 0.4) is 0 Å². The number of aliphatic carboxylic acids is 1. The fraction of sp³-hybridized carbons (Fsp3) is 0.200. The van der Waals surface area contributed by atoms with E-state index in [-0.39, 0.29) is 11.3 Å². The minimum atomic E-state index is -1.11. The highest BCUT2D eigenvalue weighted by molar-refractivity contribution is 9.10. The first-order valence-electron chi connectivity index (χ1n) is 4.29. The Labute approximate surface area is 105 Å². The Morgan fingerprint density at radius 3 is 2.75 bits per heavy atom. The Balaban J connectivity index is 3.12. The molecule has 0 aliphatic rings. The predicted octanol–water partition coefficient (Wildman–Crippen LogP) is 2.77. The van der Waals surface area contributed by atoms with E-state index in [9.17, 15) is 9.59 Å². The summed E-state index contributed by atoms with van der Waals surface area (Å²) in [5.74, 6) is -0.937. The summed E-state index contributed by atoms with van der Waals surface area (Å²) in [7, 11) is 0. The number of carbonyl (C=O) groups is 2. The van der Waals surface area contributed by atoms with Crippen molar-refractivity contribution >= 4 is 39.8 Å². The van der Waals surface area contributed by atoms with E-state index in [0.717, 1.165) is 0 Å². The second-order valence-corrected chi connectivity index (χ2v) is 4.31. The topological polar surface area (TPSA) is 63.6 Å². The largest absolute Gasteiger partial charge is 0.479 e. The maximum Gasteiger partial charge on any atom is 0.344 e. The number of ether oxygens (including phenoxy) is 1. The quantitative estimate of drug-likeness (QED) is 0.869. The van der Waals surface area contributed by atoms with Gasteiger partial charge < -0.3 is 9.84 Å². The number of rotatable bonds is 4. The van der Waals surface area contributed by atoms with Gasteiger partial charge in [0.1, 0.15) is 5.75 Å². The molecule has 0 fully saturated rings. The van der Waals surface area contributed by atoms with Crippen molar-refractivity contribution in [3.8, 4) is 5.75 Å². The van der Waals surface area contributed by atoms with E-state index in [0.29, 0.717) is 15.8 Å². The maximum absolute atomic E-state index is 10.8. The Hall–Kier alpha value is -1.07. The zero-order valence-electron chi connectivity index (χ0n) is 8.24. The molecule has 0 saturated heterocycles. The fourth-order valence-electron chi connectivity index (χ4n) is 1.02. The van der Waals surface area contributed by atoms with Gasteiger partial charge in [0.2, 0.25) is 0 Å². The lowest BCUT2D eigenvalue weighted by atomic mass is 10.2. The second-order valence-electron chi connectivity index (χ2n) is 3.02. The number of carboxylic acids is 1. The van der Waals surface area contributed by atoms with Gasteiger partial charge in [-0.05, 0) is 35.0 Å². The molecule has 0 aliphatic carbocycles. The highest BCUT2D eigenvalue weighted by atomic mass is 79.9. The molecule has 0 aromatic heterocycles. The standard InChI is InChI=1S/C10H8BrClO4/c1-5(10(14)15)16-9-6(4-13)2-7(12)3-8(9)11/h2-5H,1H3,(H,14,15). The van der Waals surface area contributed by atoms with E-state index in [1.807, 2.05) is 0 Å². The number of hydrogen-bond donors (Lipinski definition) is 1. The number of carboxylic acid groups (broad SMARTS) is 1. The number of benzene rings is 1. The summed E-state index contributed by atoms with van der Waals surface area (Å²) in [5, 5.41) is 9.06. The number of carbonyl (C=O) groups excluding carboxylic acids is 1. The molecule has 16 heavy (non-hydrogen) atoms. The molecule has 0 heterocycles. The molecule has 1 rings (SSSR count). The van der Waals surface area contributed by atoms with Gasteiger partial charge in [0.25, 0.3) is 0 Å². The summed E-state index contributed by atoms with van der Waals surface area (Å²) in [5.41, 5.74) is 0.201. The summed E-state index contributed by atoms with van der Waals surface area (Å²) < 4.78 is 5.59. The van der Waals surface area contributed by atoms with Crippen LogP contribution in [0.1, 0.15) is 17.3 Å². The molecule has 1 atom stereocenters. The van der Waals surface area contributed by atoms with E-state index < -0.39 is 12.1 Å². The van der Waals surface area contributed by atoms with Crippen LogP contribution in [-0.2, 0) is 4.79 Å². The van der Waals surface area contributed by atoms with Gasteiger partial charge in [0.05, 0.1) is 10.0 Å². The highest BCUT2D eigenvalue weighted by Gasteiger charge is 2.17. The summed E-state index contributed by atoms with van der Waals surface area (Å²) >= 11 is 8.89. The Morgan fingerprint density at radius 2 is 2.25 bits per heavy atom. The van der Waals surface area contributed by atoms with Crippen LogP contribution in [0.4, 0.5) is 0 Å². The third-order valence-electron chi connectivity index (χ3n) is 1.81. The minimum Gasteiger partial charge on any atom is -0.479 e. The van der Waals surface area contributed by atoms with Crippen molar-refractivity contribution < 1.29 is 19.4 Å². The maximum atomic E-state index is 10.8. The number of aldehydes is 1. The molecule has 0 saturated carbocycles. The molecule has 0 bridgehead atoms. The van der Waals surface area contributed by atoms with E-state index in [2.05, 4.69) is 15.9 Å². The van der Waals surface area contributed by atoms with Crippen molar-refractivity contribution in [2.24, 2.45) is 0 Å². The fourth-order valence-corrected chi connectivity index (χ4v) is 1.95. The van der Waals surface area contributed by atoms with Gasteiger partial charge in [-0.2, -0.15) is 0 Å². The van der Waals surface area contributed by atoms with Crippen LogP contribution in [0.25, 0.3) is 0 Å². The van der Waals surface area contributed by atoms with Crippen LogP contribution >= 0.6 is 27.5 Å². The van der Waals surface area contributed by atoms with Gasteiger partial charge >= 0.3 is 5.97 Å². The van der Waals surface area contributed by atoms with Gasteiger partial charge in [0.15, 0.2) is 12.4 Å². The Morgan fingerprint density at radius 1 is 1.62 bits per heavy atom. The molecular formula is C10H8BrClO4. The van der Waals surface area contributed by atoms with Crippen molar-refractivity contribution in [2.75, 3.05) is 0 Å². The summed E-state index contributed by atoms with van der Waals surface area (Å²) in [4.78, 5) is 21.4. The molecule has 0 spiro atoms. The molecular weight excluding hydrogens is 299 g/mol. The van der Waals surface area contributed by atoms with E-state index >= 15 is 0 Å². The average Bonchev–Trinajstić information content (AvgIpc) is 2.21. The molecule has 86 valence electrons. The second kappa shape index (κ2) is 5.32. The first-order valence-corrected chi connectivity index (χ1v) is 5.46. The van der Waals surface area contributed by atoms with Crippen molar-refractivity contribution in [3.63, 3.8) is 0 Å². The predicted molar refractivity (Wildman–Crippen MR) is 62.3 cm³/mol. The van der Waals surface area contributed by atoms with Gasteiger partial charge in [0, 0.05) is 5.02 Å². The summed E-state index contributed by atoms with van der Waals surface area (Å²) in [6, 6.07) is 2.93. The smallest absolute Gasteiger partial charge is 0.344 e. The molecule has 1 unspecified atom stereocenters. The molecule has 0 amide bonds. The number of halogens is 2. The lowest BCUT2D eigenvalue weighted by Crippen LogP contribution is -2.23. The monoisotopic (exact) mass is 306 g/mol. The van der Waals surface area contributed by atoms with Gasteiger partial charge in [-0.15, -0.1) is 0 Å². The Kier molecular flexibility index (Phi) is 4.32. The van der Waals surface area contributed by atoms with Crippen LogP contribution in [0, 0.1) is 0 Å². The van der Waals surface area contributed by atoms with Crippen LogP contribution in [0.5, 0.6) is 5.75 Å². The molecule has 1 aromatic rings. The molecule has 4 nitrogen and oxygen atoms in total. The normalized spacial score (nSPS) is 11.9. The minimum absolute atomic E-state index is 0.175. The van der Waals surface area contributed by atoms with Gasteiger partial charge in [-0.3, -0.25) is 4.79 Å². The molecule has 0 radical (unpaired) electrons. The third kappa shape index (κ3) is 2.96. The molecule has 1 N–H and O–H groups in total. The van der Waals surface area contributed by atoms with Crippen molar-refractivity contribution in [1.82, 2.24) is 0 Å². The molecule has 1 aromatic carbocycles. The molecule has 0 aliphatic heterocycles. The summed E-state index contributed by atoms with van der Waals surface area (Å²) in [6.45, 7) is 1.37. The zero-order chi connectivity index (χ0) is 12.3. The van der Waals surface area contributed by atoms with Crippen LogP contribution in [-0.4, -0.2) is 23.5 Å². The lowest BCUT2D eigenvalue weighted by Gasteiger charge is -2.14. The van der Waals surface area contributed by atoms with Crippen LogP contribution in [0.2, 0.25) is 5.02 Å². The van der Waals surface area contributed by atoms with Crippen molar-refractivity contribution in [3.05, 3.63) is 27.2 Å². The van der Waals surface area contributed by atoms with E-state index in [4.69, 9.17) is 21.4 Å². The average molecular weight is 308 g/mol. The van der Waals surface area contributed by atoms with E-state index in [1.165, 1.54) is 19.1 Å². The van der Waals surface area contributed by atoms with Crippen LogP contribution in [0.15, 0.2) is 16.6 Å². The van der Waals surface area contributed by atoms with Gasteiger partial charge in [-0.1, -0.05) is 11.6 Å². The third-order valence-corrected chi connectivity index (χ3v) is 2.61. The van der Waals surface area contributed by atoms with Crippen molar-refractivity contribution in [2.45, 2.75) is 13.0 Å². The SMILES string of the molecule is CC(Oc1c(Br)cc(Cl)cc1C=O)C(=O)O. The molecule has 6 heteroatoms. The first kappa shape index (κ1) is 13.0.